The van der Waals surface area contributed by atoms with Crippen molar-refractivity contribution in [1.29, 1.82) is 0 Å². The number of aromatic amines is 1. The van der Waals surface area contributed by atoms with Gasteiger partial charge in [0.05, 0.1) is 0 Å². The lowest BCUT2D eigenvalue weighted by molar-refractivity contribution is -0.240. The van der Waals surface area contributed by atoms with Crippen LogP contribution < -0.4 is 27.6 Å². The van der Waals surface area contributed by atoms with Gasteiger partial charge in [0.25, 0.3) is 11.5 Å². The molecule has 9 atom stereocenters. The maximum absolute atomic E-state index is 12.8. The van der Waals surface area contributed by atoms with E-state index in [1.807, 2.05) is 4.98 Å². The maximum Gasteiger partial charge on any atom is 0.330 e. The average Bonchev–Trinajstić information content (AvgIpc) is 3.02. The van der Waals surface area contributed by atoms with E-state index in [9.17, 15) is 44.4 Å². The Morgan fingerprint density at radius 3 is 2.56 bits per heavy atom. The van der Waals surface area contributed by atoms with E-state index in [0.717, 1.165) is 29.3 Å². The molecule has 2 saturated heterocycles. The van der Waals surface area contributed by atoms with Crippen LogP contribution in [0.15, 0.2) is 33.7 Å². The lowest BCUT2D eigenvalue weighted by Crippen LogP contribution is -2.54. The minimum absolute atomic E-state index is 0.360. The normalized spacial score (nSPS) is 33.7. The van der Waals surface area contributed by atoms with Gasteiger partial charge < -0.3 is 51.0 Å². The minimum atomic E-state index is -1.93. The second-order valence-electron chi connectivity index (χ2n) is 9.26. The largest absolute Gasteiger partial charge is 0.456 e. The predicted molar refractivity (Wildman–Crippen MR) is 125 cm³/mol. The van der Waals surface area contributed by atoms with E-state index in [2.05, 4.69) is 10.6 Å². The summed E-state index contributed by atoms with van der Waals surface area (Å²) in [6, 6.07) is 0.0906. The molecular formula is C22H29N5O12. The lowest BCUT2D eigenvalue weighted by atomic mass is 10.0. The van der Waals surface area contributed by atoms with Crippen molar-refractivity contribution < 1.29 is 49.0 Å². The number of carbonyl (C=O) groups is 3. The number of rotatable bonds is 7. The zero-order valence-corrected chi connectivity index (χ0v) is 20.3. The molecule has 0 saturated carbocycles. The van der Waals surface area contributed by atoms with Crippen molar-refractivity contribution in [2.75, 3.05) is 6.54 Å². The summed E-state index contributed by atoms with van der Waals surface area (Å²) in [6.45, 7) is 0.460. The Balaban J connectivity index is 1.50. The molecule has 9 N–H and O–H groups in total. The third-order valence-electron chi connectivity index (χ3n) is 6.52. The molecule has 17 nitrogen and oxygen atoms in total. The fourth-order valence-electron chi connectivity index (χ4n) is 4.44. The molecule has 3 aliphatic heterocycles. The van der Waals surface area contributed by atoms with Crippen LogP contribution in [0.3, 0.4) is 0 Å². The number of hydrogen-bond acceptors (Lipinski definition) is 12. The van der Waals surface area contributed by atoms with Crippen LogP contribution >= 0.6 is 0 Å². The van der Waals surface area contributed by atoms with Crippen LogP contribution in [0, 0.1) is 0 Å². The van der Waals surface area contributed by atoms with E-state index in [1.54, 1.807) is 0 Å². The molecule has 39 heavy (non-hydrogen) atoms. The van der Waals surface area contributed by atoms with Crippen molar-refractivity contribution in [3.05, 3.63) is 44.9 Å². The van der Waals surface area contributed by atoms with Gasteiger partial charge in [-0.25, -0.2) is 4.79 Å². The van der Waals surface area contributed by atoms with Crippen LogP contribution in [-0.4, -0.2) is 103 Å². The molecule has 17 heteroatoms. The zero-order chi connectivity index (χ0) is 28.4. The molecule has 0 aromatic carbocycles. The summed E-state index contributed by atoms with van der Waals surface area (Å²) in [5.41, 5.74) is 3.71. The van der Waals surface area contributed by atoms with E-state index in [1.165, 1.54) is 0 Å². The Hall–Kier alpha value is -3.61. The molecule has 2 unspecified atom stereocenters. The fourth-order valence-corrected chi connectivity index (χ4v) is 4.44. The van der Waals surface area contributed by atoms with Crippen LogP contribution in [0.25, 0.3) is 0 Å². The maximum atomic E-state index is 12.8. The topological polar surface area (TPSA) is 265 Å². The molecule has 3 amide bonds. The molecule has 0 bridgehead atoms. The van der Waals surface area contributed by atoms with Crippen molar-refractivity contribution in [2.45, 2.75) is 74.4 Å². The van der Waals surface area contributed by atoms with Gasteiger partial charge in [0, 0.05) is 18.8 Å². The molecule has 2 fully saturated rings. The number of aromatic nitrogens is 2. The number of amides is 3. The smallest absolute Gasteiger partial charge is 0.330 e. The predicted octanol–water partition coefficient (Wildman–Crippen LogP) is -5.23. The number of hydrogen-bond donors (Lipinski definition) is 8. The SMILES string of the molecule is NC(=O)[C@H](O[C@H]1OC(C(=O)N[C@H]2CCCCNC2=O)=CC(O)[C@H]1O)[C@H]1O[C@@H](n2ccc(=O)[nH]c2=O)C(O)[C@H]1O. The highest BCUT2D eigenvalue weighted by atomic mass is 16.7. The highest BCUT2D eigenvalue weighted by Gasteiger charge is 2.51. The third-order valence-corrected chi connectivity index (χ3v) is 6.52. The number of nitrogens with one attached hydrogen (secondary N) is 3. The molecule has 214 valence electrons. The molecule has 0 aliphatic carbocycles. The summed E-state index contributed by atoms with van der Waals surface area (Å²) >= 11 is 0. The second kappa shape index (κ2) is 11.6. The van der Waals surface area contributed by atoms with Gasteiger partial charge in [-0.2, -0.15) is 0 Å². The Bertz CT molecular complexity index is 1250. The second-order valence-corrected chi connectivity index (χ2v) is 9.26. The van der Waals surface area contributed by atoms with E-state index in [4.69, 9.17) is 19.9 Å². The molecule has 1 aromatic rings. The molecule has 0 spiro atoms. The van der Waals surface area contributed by atoms with Gasteiger partial charge in [0.15, 0.2) is 18.1 Å². The number of H-pyrrole nitrogens is 1. The van der Waals surface area contributed by atoms with Gasteiger partial charge >= 0.3 is 5.69 Å². The monoisotopic (exact) mass is 555 g/mol. The van der Waals surface area contributed by atoms with Crippen molar-refractivity contribution in [3.63, 3.8) is 0 Å². The first-order chi connectivity index (χ1) is 18.5. The van der Waals surface area contributed by atoms with Gasteiger partial charge in [-0.15, -0.1) is 0 Å². The zero-order valence-electron chi connectivity index (χ0n) is 20.3. The summed E-state index contributed by atoms with van der Waals surface area (Å²) in [7, 11) is 0. The summed E-state index contributed by atoms with van der Waals surface area (Å²) < 4.78 is 17.1. The standard InChI is InChI=1S/C22H29N5O12/c23-17(33)16(15-13(31)14(32)20(38-15)27-6-4-11(29)26-22(27)36)39-21-12(30)9(28)7-10(37-21)19(35)25-8-3-1-2-5-24-18(8)34/h4,6-9,12-16,20-21,28,30-32H,1-3,5H2,(H2,23,33)(H,24,34)(H,25,35)(H,26,29,36)/t8-,9?,12+,13+,14?,15-,16+,20+,21+/m0/s1. The van der Waals surface area contributed by atoms with Crippen molar-refractivity contribution in [1.82, 2.24) is 20.2 Å². The van der Waals surface area contributed by atoms with E-state index in [-0.39, 0.29) is 0 Å². The highest BCUT2D eigenvalue weighted by Crippen LogP contribution is 2.32. The van der Waals surface area contributed by atoms with Crippen LogP contribution in [0.2, 0.25) is 0 Å². The summed E-state index contributed by atoms with van der Waals surface area (Å²) in [5.74, 6) is -3.08. The molecule has 1 aromatic heterocycles. The molecule has 0 radical (unpaired) electrons. The number of ether oxygens (including phenoxy) is 3. The summed E-state index contributed by atoms with van der Waals surface area (Å²) in [6.07, 6.45) is -10.7. The number of carbonyl (C=O) groups excluding carboxylic acids is 3. The van der Waals surface area contributed by atoms with E-state index in [0.29, 0.717) is 19.4 Å². The van der Waals surface area contributed by atoms with Gasteiger partial charge in [-0.05, 0) is 25.3 Å². The van der Waals surface area contributed by atoms with Crippen LogP contribution in [0.5, 0.6) is 0 Å². The minimum Gasteiger partial charge on any atom is -0.456 e. The fraction of sp³-hybridized carbons (Fsp3) is 0.591. The molecular weight excluding hydrogens is 526 g/mol. The molecule has 3 aliphatic rings. The van der Waals surface area contributed by atoms with Crippen molar-refractivity contribution in [2.24, 2.45) is 5.73 Å². The third kappa shape index (κ3) is 6.02. The number of aliphatic hydroxyl groups excluding tert-OH is 4. The Labute approximate surface area is 219 Å². The van der Waals surface area contributed by atoms with E-state index < -0.39 is 89.9 Å². The van der Waals surface area contributed by atoms with Crippen LogP contribution in [0.4, 0.5) is 0 Å². The summed E-state index contributed by atoms with van der Waals surface area (Å²) in [4.78, 5) is 62.6. The van der Waals surface area contributed by atoms with E-state index >= 15 is 0 Å². The Kier molecular flexibility index (Phi) is 8.48. The van der Waals surface area contributed by atoms with Crippen LogP contribution in [-0.2, 0) is 28.6 Å². The quantitative estimate of drug-likeness (QED) is 0.157. The number of nitrogens with two attached hydrogens (primary N) is 1. The lowest BCUT2D eigenvalue weighted by Gasteiger charge is -2.34. The number of primary amides is 1. The first-order valence-electron chi connectivity index (χ1n) is 12.1. The molecule has 4 heterocycles. The first kappa shape index (κ1) is 28.4. The van der Waals surface area contributed by atoms with Gasteiger partial charge in [0.2, 0.25) is 18.1 Å². The van der Waals surface area contributed by atoms with Crippen molar-refractivity contribution in [3.8, 4) is 0 Å². The van der Waals surface area contributed by atoms with Gasteiger partial charge in [-0.3, -0.25) is 28.7 Å². The average molecular weight is 555 g/mol. The molecule has 4 rings (SSSR count). The Morgan fingerprint density at radius 1 is 1.13 bits per heavy atom. The number of nitrogens with zero attached hydrogens (tertiary/aromatic N) is 1. The Morgan fingerprint density at radius 2 is 1.87 bits per heavy atom. The highest BCUT2D eigenvalue weighted by molar-refractivity contribution is 5.95. The number of aliphatic hydroxyl groups is 4. The van der Waals surface area contributed by atoms with Gasteiger partial charge in [0.1, 0.15) is 36.6 Å². The summed E-state index contributed by atoms with van der Waals surface area (Å²) in [5, 5.41) is 46.8. The first-order valence-corrected chi connectivity index (χ1v) is 12.1. The van der Waals surface area contributed by atoms with Crippen molar-refractivity contribution >= 4 is 17.7 Å². The van der Waals surface area contributed by atoms with Gasteiger partial charge in [-0.1, -0.05) is 0 Å². The van der Waals surface area contributed by atoms with Crippen LogP contribution in [0.1, 0.15) is 25.5 Å².